The van der Waals surface area contributed by atoms with E-state index in [1.807, 2.05) is 4.90 Å². The van der Waals surface area contributed by atoms with Gasteiger partial charge in [-0.05, 0) is 30.0 Å². The van der Waals surface area contributed by atoms with Gasteiger partial charge in [0.2, 0.25) is 0 Å². The van der Waals surface area contributed by atoms with E-state index in [4.69, 9.17) is 5.11 Å². The van der Waals surface area contributed by atoms with Gasteiger partial charge in [-0.2, -0.15) is 0 Å². The molecule has 1 aliphatic rings. The van der Waals surface area contributed by atoms with Gasteiger partial charge in [0.05, 0.1) is 11.3 Å². The molecule has 1 aromatic carbocycles. The van der Waals surface area contributed by atoms with E-state index >= 15 is 0 Å². The van der Waals surface area contributed by atoms with E-state index < -0.39 is 11.8 Å². The molecular weight excluding hydrogens is 221 g/mol. The first-order chi connectivity index (χ1) is 7.99. The largest absolute Gasteiger partial charge is 0.478 e. The summed E-state index contributed by atoms with van der Waals surface area (Å²) in [6.07, 6.45) is 0. The van der Waals surface area contributed by atoms with Gasteiger partial charge in [-0.3, -0.25) is 0 Å². The first-order valence-corrected chi connectivity index (χ1v) is 5.77. The van der Waals surface area contributed by atoms with Crippen LogP contribution in [0.1, 0.15) is 24.2 Å². The van der Waals surface area contributed by atoms with Crippen molar-refractivity contribution >= 4 is 11.7 Å². The molecule has 2 atom stereocenters. The molecule has 17 heavy (non-hydrogen) atoms. The zero-order valence-electron chi connectivity index (χ0n) is 9.98. The van der Waals surface area contributed by atoms with Crippen molar-refractivity contribution in [2.75, 3.05) is 18.0 Å². The SMILES string of the molecule is CC1CN(c2ccc(F)cc2C(=O)O)CC1C. The summed E-state index contributed by atoms with van der Waals surface area (Å²) in [6, 6.07) is 3.96. The van der Waals surface area contributed by atoms with E-state index in [1.54, 1.807) is 6.07 Å². The fraction of sp³-hybridized carbons (Fsp3) is 0.462. The molecule has 0 aliphatic carbocycles. The van der Waals surface area contributed by atoms with Crippen LogP contribution in [0.2, 0.25) is 0 Å². The molecule has 1 saturated heterocycles. The van der Waals surface area contributed by atoms with Crippen LogP contribution in [-0.4, -0.2) is 24.2 Å². The van der Waals surface area contributed by atoms with Gasteiger partial charge in [0, 0.05) is 13.1 Å². The minimum absolute atomic E-state index is 0.0475. The van der Waals surface area contributed by atoms with Crippen LogP contribution >= 0.6 is 0 Å². The highest BCUT2D eigenvalue weighted by Gasteiger charge is 2.28. The second-order valence-corrected chi connectivity index (χ2v) is 4.83. The van der Waals surface area contributed by atoms with Crippen molar-refractivity contribution in [3.8, 4) is 0 Å². The monoisotopic (exact) mass is 237 g/mol. The molecule has 0 amide bonds. The zero-order chi connectivity index (χ0) is 12.6. The maximum atomic E-state index is 13.1. The molecule has 1 aromatic rings. The van der Waals surface area contributed by atoms with E-state index in [0.29, 0.717) is 17.5 Å². The van der Waals surface area contributed by atoms with E-state index in [1.165, 1.54) is 6.07 Å². The Kier molecular flexibility index (Phi) is 3.05. The average Bonchev–Trinajstić information content (AvgIpc) is 2.59. The Bertz CT molecular complexity index is 437. The van der Waals surface area contributed by atoms with Crippen LogP contribution in [-0.2, 0) is 0 Å². The number of carboxylic acids is 1. The van der Waals surface area contributed by atoms with Crippen LogP contribution in [0, 0.1) is 17.7 Å². The lowest BCUT2D eigenvalue weighted by Gasteiger charge is -2.20. The highest BCUT2D eigenvalue weighted by Crippen LogP contribution is 2.30. The van der Waals surface area contributed by atoms with Crippen LogP contribution in [0.15, 0.2) is 18.2 Å². The number of rotatable bonds is 2. The molecule has 0 saturated carbocycles. The summed E-state index contributed by atoms with van der Waals surface area (Å²) in [4.78, 5) is 13.1. The molecule has 0 spiro atoms. The third-order valence-electron chi connectivity index (χ3n) is 3.52. The number of hydrogen-bond donors (Lipinski definition) is 1. The highest BCUT2D eigenvalue weighted by atomic mass is 19.1. The lowest BCUT2D eigenvalue weighted by Crippen LogP contribution is -2.22. The van der Waals surface area contributed by atoms with Crippen LogP contribution < -0.4 is 4.90 Å². The van der Waals surface area contributed by atoms with E-state index in [-0.39, 0.29) is 5.56 Å². The molecule has 92 valence electrons. The number of anilines is 1. The molecule has 0 radical (unpaired) electrons. The molecule has 2 rings (SSSR count). The summed E-state index contributed by atoms with van der Waals surface area (Å²) >= 11 is 0. The van der Waals surface area contributed by atoms with E-state index in [2.05, 4.69) is 13.8 Å². The number of benzene rings is 1. The Balaban J connectivity index is 2.36. The van der Waals surface area contributed by atoms with Gasteiger partial charge < -0.3 is 10.0 Å². The van der Waals surface area contributed by atoms with Crippen LogP contribution in [0.3, 0.4) is 0 Å². The lowest BCUT2D eigenvalue weighted by molar-refractivity contribution is 0.0697. The minimum atomic E-state index is -1.08. The Hall–Kier alpha value is -1.58. The number of nitrogens with zero attached hydrogens (tertiary/aromatic N) is 1. The number of carbonyl (C=O) groups is 1. The second-order valence-electron chi connectivity index (χ2n) is 4.83. The van der Waals surface area contributed by atoms with Crippen molar-refractivity contribution < 1.29 is 14.3 Å². The van der Waals surface area contributed by atoms with Crippen molar-refractivity contribution in [3.63, 3.8) is 0 Å². The first kappa shape index (κ1) is 11.9. The number of aromatic carboxylic acids is 1. The normalized spacial score (nSPS) is 24.1. The third kappa shape index (κ3) is 2.25. The summed E-state index contributed by atoms with van der Waals surface area (Å²) in [6.45, 7) is 5.95. The summed E-state index contributed by atoms with van der Waals surface area (Å²) in [5.41, 5.74) is 0.668. The van der Waals surface area contributed by atoms with Crippen molar-refractivity contribution in [3.05, 3.63) is 29.6 Å². The van der Waals surface area contributed by atoms with Gasteiger partial charge in [-0.25, -0.2) is 9.18 Å². The van der Waals surface area contributed by atoms with Gasteiger partial charge in [0.1, 0.15) is 5.82 Å². The van der Waals surface area contributed by atoms with Gasteiger partial charge in [0.25, 0.3) is 0 Å². The fourth-order valence-electron chi connectivity index (χ4n) is 2.28. The average molecular weight is 237 g/mol. The molecule has 2 unspecified atom stereocenters. The maximum absolute atomic E-state index is 13.1. The molecule has 0 bridgehead atoms. The lowest BCUT2D eigenvalue weighted by atomic mass is 10.0. The third-order valence-corrected chi connectivity index (χ3v) is 3.52. The fourth-order valence-corrected chi connectivity index (χ4v) is 2.28. The van der Waals surface area contributed by atoms with Crippen molar-refractivity contribution in [2.45, 2.75) is 13.8 Å². The van der Waals surface area contributed by atoms with Crippen LogP contribution in [0.4, 0.5) is 10.1 Å². The van der Waals surface area contributed by atoms with E-state index in [9.17, 15) is 9.18 Å². The maximum Gasteiger partial charge on any atom is 0.337 e. The molecule has 1 fully saturated rings. The molecule has 3 nitrogen and oxygen atoms in total. The summed E-state index contributed by atoms with van der Waals surface area (Å²) < 4.78 is 13.1. The topological polar surface area (TPSA) is 40.5 Å². The number of hydrogen-bond acceptors (Lipinski definition) is 2. The number of carboxylic acid groups (broad SMARTS) is 1. The molecule has 1 heterocycles. The van der Waals surface area contributed by atoms with E-state index in [0.717, 1.165) is 19.2 Å². The van der Waals surface area contributed by atoms with Crippen LogP contribution in [0.5, 0.6) is 0 Å². The summed E-state index contributed by atoms with van der Waals surface area (Å²) in [7, 11) is 0. The Morgan fingerprint density at radius 2 is 1.94 bits per heavy atom. The van der Waals surface area contributed by atoms with Crippen molar-refractivity contribution in [1.29, 1.82) is 0 Å². The quantitative estimate of drug-likeness (QED) is 0.859. The number of halogens is 1. The Morgan fingerprint density at radius 1 is 1.35 bits per heavy atom. The standard InChI is InChI=1S/C13H16FNO2/c1-8-6-15(7-9(8)2)12-4-3-10(14)5-11(12)13(16)17/h3-5,8-9H,6-7H2,1-2H3,(H,16,17). The molecule has 1 aliphatic heterocycles. The van der Waals surface area contributed by atoms with Crippen molar-refractivity contribution in [2.24, 2.45) is 11.8 Å². The van der Waals surface area contributed by atoms with Crippen molar-refractivity contribution in [1.82, 2.24) is 0 Å². The van der Waals surface area contributed by atoms with Gasteiger partial charge in [0.15, 0.2) is 0 Å². The van der Waals surface area contributed by atoms with Gasteiger partial charge in [-0.1, -0.05) is 13.8 Å². The first-order valence-electron chi connectivity index (χ1n) is 5.77. The molecule has 0 aromatic heterocycles. The summed E-state index contributed by atoms with van der Waals surface area (Å²) in [5, 5.41) is 9.09. The smallest absolute Gasteiger partial charge is 0.337 e. The predicted molar refractivity (Wildman–Crippen MR) is 63.9 cm³/mol. The van der Waals surface area contributed by atoms with Gasteiger partial charge >= 0.3 is 5.97 Å². The molecule has 4 heteroatoms. The zero-order valence-corrected chi connectivity index (χ0v) is 9.98. The Labute approximate surface area is 99.9 Å². The highest BCUT2D eigenvalue weighted by molar-refractivity contribution is 5.94. The predicted octanol–water partition coefficient (Wildman–Crippen LogP) is 2.62. The molecule has 1 N–H and O–H groups in total. The van der Waals surface area contributed by atoms with Crippen LogP contribution in [0.25, 0.3) is 0 Å². The Morgan fingerprint density at radius 3 is 2.47 bits per heavy atom. The summed E-state index contributed by atoms with van der Waals surface area (Å²) in [5.74, 6) is -0.526. The minimum Gasteiger partial charge on any atom is -0.478 e. The second kappa shape index (κ2) is 4.35. The molecular formula is C13H16FNO2. The van der Waals surface area contributed by atoms with Gasteiger partial charge in [-0.15, -0.1) is 0 Å².